The Hall–Kier alpha value is -0.570. The lowest BCUT2D eigenvalue weighted by Gasteiger charge is -2.05. The zero-order valence-electron chi connectivity index (χ0n) is 8.10. The van der Waals surface area contributed by atoms with E-state index in [-0.39, 0.29) is 13.3 Å². The zero-order chi connectivity index (χ0) is 9.28. The van der Waals surface area contributed by atoms with E-state index in [9.17, 15) is 4.79 Å². The number of nitrogens with one attached hydrogen (secondary N) is 1. The highest BCUT2D eigenvalue weighted by atomic mass is 16.6. The molecule has 0 spiro atoms. The van der Waals surface area contributed by atoms with Gasteiger partial charge in [-0.05, 0) is 6.42 Å². The predicted molar refractivity (Wildman–Crippen MR) is 48.1 cm³/mol. The average molecular weight is 163 g/mol. The maximum atomic E-state index is 10.7. The Morgan fingerprint density at radius 3 is 2.36 bits per heavy atom. The van der Waals surface area contributed by atoms with Crippen molar-refractivity contribution in [2.75, 3.05) is 7.11 Å². The standard InChI is InChI=1S/C6H13NO2.C2H6.H2/c1-4-5(2)6(8)7-9-3;1-2;/h5H,4H2,1-3H3,(H,7,8);1-2H3;1H/t5-;;/m1../s1. The Balaban J connectivity index is -0.000000249. The molecule has 3 nitrogen and oxygen atoms in total. The highest BCUT2D eigenvalue weighted by Crippen LogP contribution is 1.98. The van der Waals surface area contributed by atoms with Crippen molar-refractivity contribution in [1.29, 1.82) is 0 Å². The lowest BCUT2D eigenvalue weighted by Crippen LogP contribution is -2.27. The van der Waals surface area contributed by atoms with Gasteiger partial charge < -0.3 is 0 Å². The molecule has 3 heteroatoms. The zero-order valence-corrected chi connectivity index (χ0v) is 8.10. The second-order valence-electron chi connectivity index (χ2n) is 1.98. The van der Waals surface area contributed by atoms with Gasteiger partial charge in [-0.3, -0.25) is 9.63 Å². The van der Waals surface area contributed by atoms with Crippen LogP contribution in [-0.4, -0.2) is 13.0 Å². The molecule has 0 bridgehead atoms. The van der Waals surface area contributed by atoms with Gasteiger partial charge in [-0.25, -0.2) is 5.48 Å². The van der Waals surface area contributed by atoms with Crippen LogP contribution in [0, 0.1) is 5.92 Å². The van der Waals surface area contributed by atoms with Crippen LogP contribution in [0.2, 0.25) is 0 Å². The summed E-state index contributed by atoms with van der Waals surface area (Å²) >= 11 is 0. The molecule has 0 aliphatic rings. The van der Waals surface area contributed by atoms with Crippen molar-refractivity contribution < 1.29 is 11.1 Å². The van der Waals surface area contributed by atoms with E-state index in [0.29, 0.717) is 0 Å². The van der Waals surface area contributed by atoms with Crippen LogP contribution in [0.25, 0.3) is 0 Å². The van der Waals surface area contributed by atoms with Crippen molar-refractivity contribution in [3.8, 4) is 0 Å². The molecule has 0 radical (unpaired) electrons. The summed E-state index contributed by atoms with van der Waals surface area (Å²) in [6.45, 7) is 7.81. The van der Waals surface area contributed by atoms with E-state index in [1.165, 1.54) is 7.11 Å². The molecule has 1 atom stereocenters. The first-order valence-corrected chi connectivity index (χ1v) is 4.05. The molecule has 0 saturated heterocycles. The first kappa shape index (κ1) is 13.1. The lowest BCUT2D eigenvalue weighted by atomic mass is 10.1. The molecule has 0 rings (SSSR count). The number of hydrogen-bond acceptors (Lipinski definition) is 2. The van der Waals surface area contributed by atoms with E-state index in [0.717, 1.165) is 6.42 Å². The van der Waals surface area contributed by atoms with Gasteiger partial charge in [0.05, 0.1) is 7.11 Å². The van der Waals surface area contributed by atoms with Gasteiger partial charge in [0.15, 0.2) is 0 Å². The van der Waals surface area contributed by atoms with E-state index in [1.807, 2.05) is 27.7 Å². The molecule has 1 N–H and O–H groups in total. The summed E-state index contributed by atoms with van der Waals surface area (Å²) in [5.41, 5.74) is 2.26. The molecule has 0 aromatic heterocycles. The maximum Gasteiger partial charge on any atom is 0.246 e. The van der Waals surface area contributed by atoms with E-state index in [4.69, 9.17) is 0 Å². The van der Waals surface area contributed by atoms with Crippen LogP contribution in [0.15, 0.2) is 0 Å². The van der Waals surface area contributed by atoms with E-state index in [2.05, 4.69) is 10.3 Å². The molecule has 11 heavy (non-hydrogen) atoms. The molecule has 0 saturated carbocycles. The first-order valence-electron chi connectivity index (χ1n) is 4.05. The molecule has 0 unspecified atom stereocenters. The second kappa shape index (κ2) is 9.43. The highest BCUT2D eigenvalue weighted by molar-refractivity contribution is 5.76. The third-order valence-corrected chi connectivity index (χ3v) is 1.26. The van der Waals surface area contributed by atoms with Crippen molar-refractivity contribution in [2.24, 2.45) is 5.92 Å². The summed E-state index contributed by atoms with van der Waals surface area (Å²) < 4.78 is 0. The molecule has 0 aromatic carbocycles. The number of carbonyl (C=O) groups is 1. The maximum absolute atomic E-state index is 10.7. The van der Waals surface area contributed by atoms with Gasteiger partial charge in [0.2, 0.25) is 5.91 Å². The van der Waals surface area contributed by atoms with Crippen molar-refractivity contribution in [3.63, 3.8) is 0 Å². The predicted octanol–water partition coefficient (Wildman–Crippen LogP) is 1.98. The molecular weight excluding hydrogens is 142 g/mol. The lowest BCUT2D eigenvalue weighted by molar-refractivity contribution is -0.135. The number of amides is 1. The largest absolute Gasteiger partial charge is 0.277 e. The van der Waals surface area contributed by atoms with Crippen molar-refractivity contribution in [3.05, 3.63) is 0 Å². The van der Waals surface area contributed by atoms with E-state index >= 15 is 0 Å². The SMILES string of the molecule is CC.CC[C@@H](C)C(=O)NOC.[HH]. The molecule has 0 fully saturated rings. The minimum atomic E-state index is -0.0556. The van der Waals surface area contributed by atoms with Crippen LogP contribution in [-0.2, 0) is 9.63 Å². The second-order valence-corrected chi connectivity index (χ2v) is 1.98. The monoisotopic (exact) mass is 163 g/mol. The number of carbonyl (C=O) groups excluding carboxylic acids is 1. The van der Waals surface area contributed by atoms with Gasteiger partial charge in [0, 0.05) is 7.34 Å². The number of hydrogen-bond donors (Lipinski definition) is 1. The number of rotatable bonds is 3. The molecule has 0 aliphatic heterocycles. The van der Waals surface area contributed by atoms with Crippen molar-refractivity contribution in [1.82, 2.24) is 5.48 Å². The molecule has 0 aromatic rings. The fraction of sp³-hybridized carbons (Fsp3) is 0.875. The van der Waals surface area contributed by atoms with Gasteiger partial charge in [0.1, 0.15) is 0 Å². The van der Waals surface area contributed by atoms with Gasteiger partial charge >= 0.3 is 0 Å². The number of hydroxylamine groups is 1. The summed E-state index contributed by atoms with van der Waals surface area (Å²) in [4.78, 5) is 15.2. The summed E-state index contributed by atoms with van der Waals surface area (Å²) in [5, 5.41) is 0. The van der Waals surface area contributed by atoms with Gasteiger partial charge in [-0.15, -0.1) is 0 Å². The normalized spacial score (nSPS) is 11.0. The van der Waals surface area contributed by atoms with Crippen LogP contribution in [0.1, 0.15) is 35.5 Å². The smallest absolute Gasteiger partial charge is 0.246 e. The fourth-order valence-corrected chi connectivity index (χ4v) is 0.387. The van der Waals surface area contributed by atoms with Crippen LogP contribution in [0.5, 0.6) is 0 Å². The first-order chi connectivity index (χ1) is 5.22. The molecule has 0 heterocycles. The van der Waals surface area contributed by atoms with Gasteiger partial charge in [-0.2, -0.15) is 0 Å². The minimum absolute atomic E-state index is 0. The molecule has 70 valence electrons. The van der Waals surface area contributed by atoms with Crippen LogP contribution < -0.4 is 5.48 Å². The van der Waals surface area contributed by atoms with Crippen LogP contribution in [0.4, 0.5) is 0 Å². The Morgan fingerprint density at radius 1 is 1.64 bits per heavy atom. The minimum Gasteiger partial charge on any atom is -0.277 e. The molecule has 0 aliphatic carbocycles. The molecular formula is C8H21NO2. The van der Waals surface area contributed by atoms with Crippen molar-refractivity contribution in [2.45, 2.75) is 34.1 Å². The quantitative estimate of drug-likeness (QED) is 0.646. The van der Waals surface area contributed by atoms with Gasteiger partial charge in [-0.1, -0.05) is 27.7 Å². The summed E-state index contributed by atoms with van der Waals surface area (Å²) in [6, 6.07) is 0. The fourth-order valence-electron chi connectivity index (χ4n) is 0.387. The summed E-state index contributed by atoms with van der Waals surface area (Å²) in [7, 11) is 1.43. The van der Waals surface area contributed by atoms with Crippen LogP contribution >= 0.6 is 0 Å². The highest BCUT2D eigenvalue weighted by Gasteiger charge is 2.07. The average Bonchev–Trinajstić information content (AvgIpc) is 2.07. The summed E-state index contributed by atoms with van der Waals surface area (Å²) in [6.07, 6.45) is 0.842. The van der Waals surface area contributed by atoms with Crippen LogP contribution in [0.3, 0.4) is 0 Å². The van der Waals surface area contributed by atoms with Gasteiger partial charge in [0.25, 0.3) is 0 Å². The third-order valence-electron chi connectivity index (χ3n) is 1.26. The summed E-state index contributed by atoms with van der Waals surface area (Å²) in [5.74, 6) is -0.00931. The van der Waals surface area contributed by atoms with Crippen molar-refractivity contribution >= 4 is 5.91 Å². The Bertz CT molecular complexity index is 99.1. The Morgan fingerprint density at radius 2 is 2.09 bits per heavy atom. The Labute approximate surface area is 70.6 Å². The third kappa shape index (κ3) is 7.33. The van der Waals surface area contributed by atoms with E-state index < -0.39 is 0 Å². The van der Waals surface area contributed by atoms with E-state index in [1.54, 1.807) is 0 Å². The molecule has 1 amide bonds. The Kier molecular flexibility index (Phi) is 11.2. The topological polar surface area (TPSA) is 38.3 Å².